The zero-order valence-electron chi connectivity index (χ0n) is 31.2. The molecule has 292 valence electrons. The quantitative estimate of drug-likeness (QED) is 0.0979. The maximum Gasteiger partial charge on any atom is 0.416 e. The first-order valence-electron chi connectivity index (χ1n) is 18.4. The summed E-state index contributed by atoms with van der Waals surface area (Å²) in [5, 5.41) is 0.362. The lowest BCUT2D eigenvalue weighted by Crippen LogP contribution is -2.47. The molecule has 1 aliphatic heterocycles. The van der Waals surface area contributed by atoms with Crippen molar-refractivity contribution >= 4 is 23.6 Å². The molecule has 1 amide bonds. The Kier molecular flexibility index (Phi) is 13.5. The fourth-order valence-corrected chi connectivity index (χ4v) is 6.42. The normalized spacial score (nSPS) is 13.5. The second-order valence-electron chi connectivity index (χ2n) is 13.3. The topological polar surface area (TPSA) is 73.4 Å². The minimum Gasteiger partial charge on any atom is -0.494 e. The second kappa shape index (κ2) is 18.9. The van der Waals surface area contributed by atoms with Crippen LogP contribution in [0.5, 0.6) is 28.9 Å². The van der Waals surface area contributed by atoms with Crippen LogP contribution < -0.4 is 18.9 Å². The summed E-state index contributed by atoms with van der Waals surface area (Å²) >= 11 is 6.59. The van der Waals surface area contributed by atoms with Gasteiger partial charge in [-0.15, -0.1) is 0 Å². The highest BCUT2D eigenvalue weighted by molar-refractivity contribution is 6.32. The van der Waals surface area contributed by atoms with Crippen LogP contribution in [-0.2, 0) is 30.5 Å². The lowest BCUT2D eigenvalue weighted by molar-refractivity contribution is -0.137. The molecule has 1 saturated heterocycles. The Labute approximate surface area is 330 Å². The van der Waals surface area contributed by atoms with Crippen LogP contribution in [0, 0.1) is 6.92 Å². The van der Waals surface area contributed by atoms with Crippen LogP contribution in [-0.4, -0.2) is 60.1 Å². The average molecular weight is 786 g/mol. The number of carbonyl (C=O) groups excluding carboxylic acids is 1. The van der Waals surface area contributed by atoms with Crippen molar-refractivity contribution in [1.29, 1.82) is 0 Å². The van der Waals surface area contributed by atoms with Crippen molar-refractivity contribution in [2.45, 2.75) is 39.6 Å². The zero-order chi connectivity index (χ0) is 39.5. The minimum atomic E-state index is -4.39. The van der Waals surface area contributed by atoms with E-state index in [0.29, 0.717) is 48.4 Å². The number of pyridine rings is 1. The summed E-state index contributed by atoms with van der Waals surface area (Å²) in [5.41, 5.74) is 3.85. The molecule has 0 unspecified atom stereocenters. The van der Waals surface area contributed by atoms with E-state index in [4.69, 9.17) is 30.5 Å². The van der Waals surface area contributed by atoms with Crippen LogP contribution in [0.1, 0.15) is 40.3 Å². The third-order valence-corrected chi connectivity index (χ3v) is 9.46. The summed E-state index contributed by atoms with van der Waals surface area (Å²) < 4.78 is 61.4. The van der Waals surface area contributed by atoms with Crippen molar-refractivity contribution in [1.82, 2.24) is 14.8 Å². The van der Waals surface area contributed by atoms with Gasteiger partial charge in [0.05, 0.1) is 30.0 Å². The summed E-state index contributed by atoms with van der Waals surface area (Å²) in [6.45, 7) is 8.81. The van der Waals surface area contributed by atoms with E-state index in [0.717, 1.165) is 60.8 Å². The molecule has 56 heavy (non-hydrogen) atoms. The number of aryl methyl sites for hydroxylation is 1. The number of ether oxygens (including phenoxy) is 4. The first-order chi connectivity index (χ1) is 27.0. The number of rotatable bonds is 15. The highest BCUT2D eigenvalue weighted by Crippen LogP contribution is 2.34. The fourth-order valence-electron chi connectivity index (χ4n) is 6.11. The van der Waals surface area contributed by atoms with E-state index in [1.165, 1.54) is 29.5 Å². The van der Waals surface area contributed by atoms with Gasteiger partial charge in [0.25, 0.3) is 0 Å². The molecule has 0 saturated carbocycles. The summed E-state index contributed by atoms with van der Waals surface area (Å²) in [4.78, 5) is 21.6. The van der Waals surface area contributed by atoms with Gasteiger partial charge in [0, 0.05) is 51.3 Å². The van der Waals surface area contributed by atoms with Crippen LogP contribution in [0.2, 0.25) is 5.02 Å². The summed E-state index contributed by atoms with van der Waals surface area (Å²) in [7, 11) is 0. The number of amides is 1. The standard InChI is InChI=1S/C44H43ClF3N3O5/c1-3-53-37-13-15-38(16-14-37)54-25-20-32-4-6-33(7-5-32)29-50-21-23-51(24-22-50)42(52)19-10-35-26-31(2)43(40(45)27-35)56-41-18-17-39(28-49-41)55-30-34-8-11-36(12-9-34)44(46,47)48/h4-19,26-28H,3,20-25,29-30H2,1-2H3. The summed E-state index contributed by atoms with van der Waals surface area (Å²) in [6, 6.07) is 28.0. The number of hydrogen-bond acceptors (Lipinski definition) is 7. The van der Waals surface area contributed by atoms with Crippen molar-refractivity contribution < 1.29 is 36.9 Å². The van der Waals surface area contributed by atoms with Crippen LogP contribution in [0.3, 0.4) is 0 Å². The Morgan fingerprint density at radius 3 is 2.07 bits per heavy atom. The van der Waals surface area contributed by atoms with E-state index >= 15 is 0 Å². The highest BCUT2D eigenvalue weighted by atomic mass is 35.5. The third kappa shape index (κ3) is 11.5. The molecular weight excluding hydrogens is 743 g/mol. The van der Waals surface area contributed by atoms with E-state index in [2.05, 4.69) is 34.1 Å². The molecule has 12 heteroatoms. The van der Waals surface area contributed by atoms with Gasteiger partial charge < -0.3 is 23.8 Å². The number of benzene rings is 4. The predicted octanol–water partition coefficient (Wildman–Crippen LogP) is 9.81. The van der Waals surface area contributed by atoms with Crippen LogP contribution in [0.4, 0.5) is 13.2 Å². The average Bonchev–Trinajstić information content (AvgIpc) is 3.19. The van der Waals surface area contributed by atoms with Gasteiger partial charge in [0.2, 0.25) is 11.8 Å². The molecule has 1 aromatic heterocycles. The molecule has 0 aliphatic carbocycles. The lowest BCUT2D eigenvalue weighted by Gasteiger charge is -2.34. The first-order valence-corrected chi connectivity index (χ1v) is 18.8. The van der Waals surface area contributed by atoms with Crippen LogP contribution in [0.25, 0.3) is 6.08 Å². The molecule has 0 bridgehead atoms. The Morgan fingerprint density at radius 2 is 1.45 bits per heavy atom. The van der Waals surface area contributed by atoms with Crippen molar-refractivity contribution in [2.75, 3.05) is 39.4 Å². The number of aromatic nitrogens is 1. The van der Waals surface area contributed by atoms with Crippen LogP contribution >= 0.6 is 11.6 Å². The number of halogens is 4. The molecule has 5 aromatic rings. The van der Waals surface area contributed by atoms with Crippen molar-refractivity contribution in [3.63, 3.8) is 0 Å². The Hall–Kier alpha value is -5.52. The monoisotopic (exact) mass is 785 g/mol. The van der Waals surface area contributed by atoms with Gasteiger partial charge in [-0.25, -0.2) is 4.98 Å². The molecule has 2 heterocycles. The lowest BCUT2D eigenvalue weighted by atomic mass is 10.1. The number of nitrogens with zero attached hydrogens (tertiary/aromatic N) is 3. The van der Waals surface area contributed by atoms with Gasteiger partial charge in [0.15, 0.2) is 5.75 Å². The van der Waals surface area contributed by atoms with E-state index in [-0.39, 0.29) is 18.4 Å². The van der Waals surface area contributed by atoms with Gasteiger partial charge in [-0.2, -0.15) is 13.2 Å². The fraction of sp³-hybridized carbons (Fsp3) is 0.273. The van der Waals surface area contributed by atoms with E-state index in [9.17, 15) is 18.0 Å². The smallest absolute Gasteiger partial charge is 0.416 e. The van der Waals surface area contributed by atoms with Gasteiger partial charge >= 0.3 is 6.18 Å². The maximum absolute atomic E-state index is 13.1. The van der Waals surface area contributed by atoms with E-state index in [1.807, 2.05) is 49.1 Å². The SMILES string of the molecule is CCOc1ccc(OCCc2ccc(CN3CCN(C(=O)C=Cc4cc(C)c(Oc5ccc(OCc6ccc(C(F)(F)F)cc6)cn5)c(Cl)c4)CC3)cc2)cc1. The highest BCUT2D eigenvalue weighted by Gasteiger charge is 2.30. The van der Waals surface area contributed by atoms with Crippen molar-refractivity contribution in [3.8, 4) is 28.9 Å². The Balaban J connectivity index is 0.917. The number of alkyl halides is 3. The zero-order valence-corrected chi connectivity index (χ0v) is 32.0. The van der Waals surface area contributed by atoms with E-state index in [1.54, 1.807) is 30.4 Å². The molecule has 6 rings (SSSR count). The molecule has 4 aromatic carbocycles. The largest absolute Gasteiger partial charge is 0.494 e. The molecular formula is C44H43ClF3N3O5. The number of hydrogen-bond donors (Lipinski definition) is 0. The molecule has 8 nitrogen and oxygen atoms in total. The Bertz CT molecular complexity index is 2040. The molecule has 0 N–H and O–H groups in total. The Morgan fingerprint density at radius 1 is 0.804 bits per heavy atom. The second-order valence-corrected chi connectivity index (χ2v) is 13.7. The number of piperazine rings is 1. The molecule has 1 aliphatic rings. The molecule has 0 radical (unpaired) electrons. The summed E-state index contributed by atoms with van der Waals surface area (Å²) in [6.07, 6.45) is 1.22. The minimum absolute atomic E-state index is 0.0552. The van der Waals surface area contributed by atoms with Crippen molar-refractivity contribution in [3.05, 3.63) is 148 Å². The molecule has 0 atom stereocenters. The number of carbonyl (C=O) groups is 1. The predicted molar refractivity (Wildman–Crippen MR) is 210 cm³/mol. The van der Waals surface area contributed by atoms with Gasteiger partial charge in [-0.3, -0.25) is 9.69 Å². The maximum atomic E-state index is 13.1. The van der Waals surface area contributed by atoms with Crippen molar-refractivity contribution in [2.24, 2.45) is 0 Å². The first kappa shape index (κ1) is 40.2. The molecule has 1 fully saturated rings. The van der Waals surface area contributed by atoms with Gasteiger partial charge in [-0.1, -0.05) is 48.0 Å². The third-order valence-electron chi connectivity index (χ3n) is 9.18. The van der Waals surface area contributed by atoms with Gasteiger partial charge in [0.1, 0.15) is 23.9 Å². The molecule has 0 spiro atoms. The van der Waals surface area contributed by atoms with Crippen LogP contribution in [0.15, 0.2) is 109 Å². The van der Waals surface area contributed by atoms with Gasteiger partial charge in [-0.05, 0) is 102 Å². The summed E-state index contributed by atoms with van der Waals surface area (Å²) in [5.74, 6) is 2.75. The van der Waals surface area contributed by atoms with E-state index < -0.39 is 11.7 Å².